The van der Waals surface area contributed by atoms with Crippen LogP contribution in [-0.4, -0.2) is 21.6 Å². The van der Waals surface area contributed by atoms with Gasteiger partial charge in [-0.15, -0.1) is 11.3 Å². The molecular weight excluding hydrogens is 248 g/mol. The molecule has 0 saturated carbocycles. The van der Waals surface area contributed by atoms with Crippen LogP contribution < -0.4 is 10.1 Å². The molecule has 6 heteroatoms. The van der Waals surface area contributed by atoms with Crippen LogP contribution in [-0.2, 0) is 6.54 Å². The Kier molecular flexibility index (Phi) is 4.46. The molecule has 0 atom stereocenters. The number of nitrogens with one attached hydrogen (secondary N) is 1. The van der Waals surface area contributed by atoms with E-state index in [2.05, 4.69) is 27.2 Å². The van der Waals surface area contributed by atoms with Gasteiger partial charge in [0.25, 0.3) is 0 Å². The smallest absolute Gasteiger partial charge is 0.226 e. The summed E-state index contributed by atoms with van der Waals surface area (Å²) in [6.07, 6.45) is 4.52. The highest BCUT2D eigenvalue weighted by molar-refractivity contribution is 7.11. The third-order valence-corrected chi connectivity index (χ3v) is 3.06. The molecule has 2 rings (SSSR count). The first-order chi connectivity index (χ1) is 8.78. The van der Waals surface area contributed by atoms with Crippen molar-refractivity contribution in [3.8, 4) is 5.88 Å². The van der Waals surface area contributed by atoms with Crippen LogP contribution in [0.5, 0.6) is 5.88 Å². The van der Waals surface area contributed by atoms with Crippen molar-refractivity contribution in [2.75, 3.05) is 11.9 Å². The molecule has 0 aliphatic heterocycles. The Balaban J connectivity index is 1.92. The highest BCUT2D eigenvalue weighted by Crippen LogP contribution is 2.13. The van der Waals surface area contributed by atoms with E-state index in [-0.39, 0.29) is 0 Å². The second kappa shape index (κ2) is 6.30. The normalized spacial score (nSPS) is 10.3. The molecule has 5 nitrogen and oxygen atoms in total. The fourth-order valence-electron chi connectivity index (χ4n) is 1.35. The second-order valence-corrected chi connectivity index (χ2v) is 5.10. The number of rotatable bonds is 6. The first-order valence-electron chi connectivity index (χ1n) is 5.89. The van der Waals surface area contributed by atoms with E-state index in [1.54, 1.807) is 23.6 Å². The van der Waals surface area contributed by atoms with Gasteiger partial charge in [0.05, 0.1) is 13.2 Å². The summed E-state index contributed by atoms with van der Waals surface area (Å²) < 4.78 is 5.45. The molecule has 0 fully saturated rings. The largest absolute Gasteiger partial charge is 0.478 e. The molecule has 2 heterocycles. The summed E-state index contributed by atoms with van der Waals surface area (Å²) in [5.74, 6) is 1.17. The molecule has 0 unspecified atom stereocenters. The maximum atomic E-state index is 5.45. The molecule has 96 valence electrons. The van der Waals surface area contributed by atoms with Gasteiger partial charge in [-0.1, -0.05) is 6.92 Å². The Bertz CT molecular complexity index is 500. The Hall–Kier alpha value is -1.69. The summed E-state index contributed by atoms with van der Waals surface area (Å²) >= 11 is 1.66. The maximum absolute atomic E-state index is 5.45. The van der Waals surface area contributed by atoms with Gasteiger partial charge in [-0.3, -0.25) is 0 Å². The van der Waals surface area contributed by atoms with E-state index in [4.69, 9.17) is 4.74 Å². The van der Waals surface area contributed by atoms with Gasteiger partial charge in [-0.2, -0.15) is 4.98 Å². The monoisotopic (exact) mass is 264 g/mol. The van der Waals surface area contributed by atoms with E-state index in [0.29, 0.717) is 25.0 Å². The molecular formula is C12H16N4OS. The highest BCUT2D eigenvalue weighted by atomic mass is 32.1. The number of hydrogen-bond donors (Lipinski definition) is 1. The maximum Gasteiger partial charge on any atom is 0.226 e. The van der Waals surface area contributed by atoms with Crippen LogP contribution in [0.25, 0.3) is 0 Å². The number of nitrogens with zero attached hydrogens (tertiary/aromatic N) is 3. The van der Waals surface area contributed by atoms with Gasteiger partial charge in [0, 0.05) is 23.3 Å². The molecule has 0 saturated heterocycles. The van der Waals surface area contributed by atoms with Crippen LogP contribution in [0.3, 0.4) is 0 Å². The van der Waals surface area contributed by atoms with Gasteiger partial charge in [0.1, 0.15) is 5.01 Å². The highest BCUT2D eigenvalue weighted by Gasteiger charge is 2.02. The zero-order valence-electron chi connectivity index (χ0n) is 10.5. The summed E-state index contributed by atoms with van der Waals surface area (Å²) in [6.45, 7) is 5.40. The van der Waals surface area contributed by atoms with Crippen LogP contribution in [0.1, 0.15) is 23.2 Å². The Morgan fingerprint density at radius 2 is 2.28 bits per heavy atom. The van der Waals surface area contributed by atoms with E-state index >= 15 is 0 Å². The summed E-state index contributed by atoms with van der Waals surface area (Å²) in [6, 6.07) is 1.76. The first-order valence-corrected chi connectivity index (χ1v) is 6.70. The molecule has 0 amide bonds. The van der Waals surface area contributed by atoms with Crippen molar-refractivity contribution >= 4 is 17.3 Å². The number of ether oxygens (including phenoxy) is 1. The number of hydrogen-bond acceptors (Lipinski definition) is 6. The van der Waals surface area contributed by atoms with Crippen LogP contribution in [0.2, 0.25) is 0 Å². The molecule has 18 heavy (non-hydrogen) atoms. The summed E-state index contributed by atoms with van der Waals surface area (Å²) in [5, 5.41) is 4.16. The number of anilines is 1. The molecule has 0 radical (unpaired) electrons. The minimum absolute atomic E-state index is 0.566. The fraction of sp³-hybridized carbons (Fsp3) is 0.417. The standard InChI is InChI=1S/C12H16N4OS/c1-3-6-17-10-4-5-13-12(16-10)15-8-11-14-7-9(2)18-11/h4-5,7H,3,6,8H2,1-2H3,(H,13,15,16). The van der Waals surface area contributed by atoms with Crippen LogP contribution in [0, 0.1) is 6.92 Å². The van der Waals surface area contributed by atoms with E-state index < -0.39 is 0 Å². The average molecular weight is 264 g/mol. The Morgan fingerprint density at radius 1 is 1.39 bits per heavy atom. The van der Waals surface area contributed by atoms with E-state index in [1.165, 1.54) is 4.88 Å². The SMILES string of the molecule is CCCOc1ccnc(NCc2ncc(C)s2)n1. The second-order valence-electron chi connectivity index (χ2n) is 3.79. The van der Waals surface area contributed by atoms with Crippen molar-refractivity contribution in [3.63, 3.8) is 0 Å². The zero-order valence-corrected chi connectivity index (χ0v) is 11.3. The zero-order chi connectivity index (χ0) is 12.8. The van der Waals surface area contributed by atoms with Gasteiger partial charge in [0.15, 0.2) is 0 Å². The molecule has 2 aromatic heterocycles. The van der Waals surface area contributed by atoms with Crippen LogP contribution in [0.4, 0.5) is 5.95 Å². The molecule has 0 aromatic carbocycles. The molecule has 1 N–H and O–H groups in total. The van der Waals surface area contributed by atoms with E-state index in [1.807, 2.05) is 13.1 Å². The minimum atomic E-state index is 0.566. The lowest BCUT2D eigenvalue weighted by Gasteiger charge is -2.05. The third-order valence-electron chi connectivity index (χ3n) is 2.15. The van der Waals surface area contributed by atoms with Crippen LogP contribution >= 0.6 is 11.3 Å². The lowest BCUT2D eigenvalue weighted by atomic mass is 10.5. The molecule has 2 aromatic rings. The quantitative estimate of drug-likeness (QED) is 0.869. The Morgan fingerprint density at radius 3 is 3.00 bits per heavy atom. The summed E-state index contributed by atoms with van der Waals surface area (Å²) in [7, 11) is 0. The topological polar surface area (TPSA) is 59.9 Å². The lowest BCUT2D eigenvalue weighted by molar-refractivity contribution is 0.305. The number of aromatic nitrogens is 3. The van der Waals surface area contributed by atoms with Crippen molar-refractivity contribution in [2.45, 2.75) is 26.8 Å². The number of thiazole rings is 1. The molecule has 0 aliphatic carbocycles. The van der Waals surface area contributed by atoms with Gasteiger partial charge in [-0.25, -0.2) is 9.97 Å². The van der Waals surface area contributed by atoms with Crippen molar-refractivity contribution in [3.05, 3.63) is 28.3 Å². The van der Waals surface area contributed by atoms with Gasteiger partial charge in [0.2, 0.25) is 11.8 Å². The third kappa shape index (κ3) is 3.66. The fourth-order valence-corrected chi connectivity index (χ4v) is 2.08. The van der Waals surface area contributed by atoms with Crippen LogP contribution in [0.15, 0.2) is 18.5 Å². The van der Waals surface area contributed by atoms with Gasteiger partial charge < -0.3 is 10.1 Å². The first kappa shape index (κ1) is 12.8. The van der Waals surface area contributed by atoms with Crippen molar-refractivity contribution in [2.24, 2.45) is 0 Å². The van der Waals surface area contributed by atoms with Gasteiger partial charge >= 0.3 is 0 Å². The average Bonchev–Trinajstić information content (AvgIpc) is 2.80. The summed E-state index contributed by atoms with van der Waals surface area (Å²) in [5.41, 5.74) is 0. The molecule has 0 aliphatic rings. The minimum Gasteiger partial charge on any atom is -0.478 e. The predicted octanol–water partition coefficient (Wildman–Crippen LogP) is 2.64. The van der Waals surface area contributed by atoms with Crippen molar-refractivity contribution in [1.82, 2.24) is 15.0 Å². The lowest BCUT2D eigenvalue weighted by Crippen LogP contribution is -2.05. The molecule has 0 bridgehead atoms. The van der Waals surface area contributed by atoms with E-state index in [0.717, 1.165) is 11.4 Å². The van der Waals surface area contributed by atoms with Crippen molar-refractivity contribution in [1.29, 1.82) is 0 Å². The van der Waals surface area contributed by atoms with Crippen molar-refractivity contribution < 1.29 is 4.74 Å². The summed E-state index contributed by atoms with van der Waals surface area (Å²) in [4.78, 5) is 13.9. The van der Waals surface area contributed by atoms with Gasteiger partial charge in [-0.05, 0) is 13.3 Å². The number of aryl methyl sites for hydroxylation is 1. The predicted molar refractivity (Wildman–Crippen MR) is 72.0 cm³/mol. The van der Waals surface area contributed by atoms with E-state index in [9.17, 15) is 0 Å². The Labute approximate surface area is 110 Å². The molecule has 0 spiro atoms.